The van der Waals surface area contributed by atoms with E-state index in [1.165, 1.54) is 24.3 Å². The summed E-state index contributed by atoms with van der Waals surface area (Å²) in [6.07, 6.45) is 0.278. The maximum absolute atomic E-state index is 13.3. The van der Waals surface area contributed by atoms with Crippen LogP contribution in [0, 0.1) is 6.92 Å². The van der Waals surface area contributed by atoms with E-state index < -0.39 is 20.0 Å². The molecule has 0 spiro atoms. The second-order valence-corrected chi connectivity index (χ2v) is 13.2. The molecule has 0 aliphatic heterocycles. The number of aryl methyl sites for hydroxylation is 2. The van der Waals surface area contributed by atoms with Gasteiger partial charge in [-0.1, -0.05) is 60.2 Å². The van der Waals surface area contributed by atoms with E-state index in [0.29, 0.717) is 17.2 Å². The number of benzene rings is 5. The quantitative estimate of drug-likeness (QED) is 0.173. The molecule has 0 atom stereocenters. The second kappa shape index (κ2) is 12.1. The molecule has 8 nitrogen and oxygen atoms in total. The molecule has 5 rings (SSSR count). The molecule has 5 aromatic rings. The number of rotatable bonds is 11. The molecule has 42 heavy (non-hydrogen) atoms. The number of methoxy groups -OCH3 is 1. The molecule has 0 saturated heterocycles. The summed E-state index contributed by atoms with van der Waals surface area (Å²) in [6, 6.07) is 31.3. The van der Waals surface area contributed by atoms with Gasteiger partial charge < -0.3 is 9.47 Å². The first-order valence-electron chi connectivity index (χ1n) is 13.1. The number of ether oxygens (including phenoxy) is 2. The minimum Gasteiger partial charge on any atom is -0.497 e. The first-order valence-corrected chi connectivity index (χ1v) is 16.3. The Morgan fingerprint density at radius 1 is 0.667 bits per heavy atom. The summed E-state index contributed by atoms with van der Waals surface area (Å²) in [5, 5.41) is 2.02. The molecule has 0 aliphatic carbocycles. The highest BCUT2D eigenvalue weighted by atomic mass is 32.2. The first-order chi connectivity index (χ1) is 20.1. The maximum atomic E-state index is 13.3. The fourth-order valence-electron chi connectivity index (χ4n) is 4.43. The lowest BCUT2D eigenvalue weighted by Gasteiger charge is -2.17. The Morgan fingerprint density at radius 3 is 2.07 bits per heavy atom. The van der Waals surface area contributed by atoms with Crippen LogP contribution in [0.15, 0.2) is 114 Å². The zero-order valence-corrected chi connectivity index (χ0v) is 24.7. The highest BCUT2D eigenvalue weighted by molar-refractivity contribution is 7.93. The highest BCUT2D eigenvalue weighted by Crippen LogP contribution is 2.33. The van der Waals surface area contributed by atoms with E-state index in [1.807, 2.05) is 49.4 Å². The van der Waals surface area contributed by atoms with Crippen LogP contribution in [0.25, 0.3) is 10.8 Å². The topological polar surface area (TPSA) is 111 Å². The third kappa shape index (κ3) is 7.02. The molecule has 0 saturated carbocycles. The predicted molar refractivity (Wildman–Crippen MR) is 167 cm³/mol. The van der Waals surface area contributed by atoms with Gasteiger partial charge in [-0.25, -0.2) is 16.8 Å². The first kappa shape index (κ1) is 29.0. The zero-order chi connectivity index (χ0) is 29.7. The van der Waals surface area contributed by atoms with E-state index >= 15 is 0 Å². The van der Waals surface area contributed by atoms with Gasteiger partial charge in [0.1, 0.15) is 17.2 Å². The minimum atomic E-state index is -4.04. The van der Waals surface area contributed by atoms with Crippen molar-refractivity contribution >= 4 is 42.2 Å². The monoisotopic (exact) mass is 602 g/mol. The van der Waals surface area contributed by atoms with Crippen LogP contribution in [-0.2, 0) is 26.5 Å². The van der Waals surface area contributed by atoms with Crippen LogP contribution in [0.1, 0.15) is 11.1 Å². The maximum Gasteiger partial charge on any atom is 0.261 e. The van der Waals surface area contributed by atoms with E-state index in [4.69, 9.17) is 9.47 Å². The Bertz CT molecular complexity index is 1920. The number of sulfonamides is 2. The van der Waals surface area contributed by atoms with Gasteiger partial charge in [0.05, 0.1) is 29.1 Å². The van der Waals surface area contributed by atoms with Crippen molar-refractivity contribution in [3.8, 4) is 17.2 Å². The van der Waals surface area contributed by atoms with E-state index in [1.54, 1.807) is 49.6 Å². The van der Waals surface area contributed by atoms with Crippen LogP contribution in [0.3, 0.4) is 0 Å². The molecule has 0 fully saturated rings. The highest BCUT2D eigenvalue weighted by Gasteiger charge is 2.20. The lowest BCUT2D eigenvalue weighted by atomic mass is 10.0. The summed E-state index contributed by atoms with van der Waals surface area (Å²) >= 11 is 0. The van der Waals surface area contributed by atoms with Crippen molar-refractivity contribution in [3.63, 3.8) is 0 Å². The molecule has 0 unspecified atom stereocenters. The Kier molecular flexibility index (Phi) is 8.37. The van der Waals surface area contributed by atoms with Gasteiger partial charge in [-0.15, -0.1) is 0 Å². The molecule has 2 N–H and O–H groups in total. The van der Waals surface area contributed by atoms with Crippen LogP contribution in [0.2, 0.25) is 0 Å². The molecule has 0 radical (unpaired) electrons. The molecule has 0 amide bonds. The predicted octanol–water partition coefficient (Wildman–Crippen LogP) is 6.73. The van der Waals surface area contributed by atoms with Gasteiger partial charge in [-0.05, 0) is 78.2 Å². The van der Waals surface area contributed by atoms with Gasteiger partial charge in [0.2, 0.25) is 10.0 Å². The molecule has 216 valence electrons. The van der Waals surface area contributed by atoms with Crippen molar-refractivity contribution in [2.75, 3.05) is 22.3 Å². The van der Waals surface area contributed by atoms with Gasteiger partial charge >= 0.3 is 0 Å². The molecule has 0 aromatic heterocycles. The smallest absolute Gasteiger partial charge is 0.261 e. The van der Waals surface area contributed by atoms with Crippen molar-refractivity contribution in [1.82, 2.24) is 0 Å². The van der Waals surface area contributed by atoms with E-state index in [-0.39, 0.29) is 28.4 Å². The van der Waals surface area contributed by atoms with Crippen molar-refractivity contribution in [2.45, 2.75) is 18.2 Å². The third-order valence-corrected chi connectivity index (χ3v) is 9.30. The minimum absolute atomic E-state index is 0.0234. The van der Waals surface area contributed by atoms with E-state index in [9.17, 15) is 16.8 Å². The van der Waals surface area contributed by atoms with Gasteiger partial charge in [0.25, 0.3) is 10.0 Å². The number of nitrogens with one attached hydrogen (secondary N) is 2. The van der Waals surface area contributed by atoms with Gasteiger partial charge in [-0.3, -0.25) is 9.44 Å². The lowest BCUT2D eigenvalue weighted by molar-refractivity contribution is 0.413. The summed E-state index contributed by atoms with van der Waals surface area (Å²) in [5.41, 5.74) is 1.91. The number of hydrogen-bond acceptors (Lipinski definition) is 6. The SMILES string of the molecule is COc1ccc(Oc2ccc(NS(=O)(=O)CCc3cccc4ccccc34)c(NS(=O)(=O)c3ccc(C)cc3)c2)cc1. The normalized spacial score (nSPS) is 11.7. The molecule has 10 heteroatoms. The summed E-state index contributed by atoms with van der Waals surface area (Å²) in [4.78, 5) is 0.0411. The lowest BCUT2D eigenvalue weighted by Crippen LogP contribution is -2.20. The Labute approximate surface area is 246 Å². The second-order valence-electron chi connectivity index (χ2n) is 9.71. The average Bonchev–Trinajstić information content (AvgIpc) is 2.98. The Morgan fingerprint density at radius 2 is 1.33 bits per heavy atom. The van der Waals surface area contributed by atoms with Crippen molar-refractivity contribution in [2.24, 2.45) is 0 Å². The van der Waals surface area contributed by atoms with E-state index in [0.717, 1.165) is 21.9 Å². The molecule has 0 heterocycles. The average molecular weight is 603 g/mol. The van der Waals surface area contributed by atoms with E-state index in [2.05, 4.69) is 9.44 Å². The van der Waals surface area contributed by atoms with Crippen LogP contribution in [0.5, 0.6) is 17.2 Å². The number of fused-ring (bicyclic) bond motifs is 1. The summed E-state index contributed by atoms with van der Waals surface area (Å²) in [6.45, 7) is 1.86. The zero-order valence-electron chi connectivity index (χ0n) is 23.1. The van der Waals surface area contributed by atoms with Gasteiger partial charge in [-0.2, -0.15) is 0 Å². The third-order valence-electron chi connectivity index (χ3n) is 6.65. The van der Waals surface area contributed by atoms with Crippen molar-refractivity contribution in [3.05, 3.63) is 120 Å². The standard InChI is InChI=1S/C32H30N2O6S2/c1-23-10-17-29(18-11-23)42(37,38)34-32-22-28(40-27-14-12-26(39-2)13-15-27)16-19-31(32)33-41(35,36)21-20-25-8-5-7-24-6-3-4-9-30(24)25/h3-19,22,33-34H,20-21H2,1-2H3. The fraction of sp³-hybridized carbons (Fsp3) is 0.125. The Balaban J connectivity index is 1.42. The number of hydrogen-bond donors (Lipinski definition) is 2. The number of anilines is 2. The Hall–Kier alpha value is -4.54. The van der Waals surface area contributed by atoms with Crippen LogP contribution < -0.4 is 18.9 Å². The molecule has 0 bridgehead atoms. The largest absolute Gasteiger partial charge is 0.497 e. The van der Waals surface area contributed by atoms with Gasteiger partial charge in [0, 0.05) is 6.07 Å². The molecule has 5 aromatic carbocycles. The van der Waals surface area contributed by atoms with Gasteiger partial charge in [0.15, 0.2) is 0 Å². The molecular weight excluding hydrogens is 572 g/mol. The molecule has 0 aliphatic rings. The van der Waals surface area contributed by atoms with Crippen LogP contribution in [0.4, 0.5) is 11.4 Å². The van der Waals surface area contributed by atoms with Crippen LogP contribution >= 0.6 is 0 Å². The summed E-state index contributed by atoms with van der Waals surface area (Å²) < 4.78 is 69.2. The van der Waals surface area contributed by atoms with Crippen molar-refractivity contribution in [1.29, 1.82) is 0 Å². The molecular formula is C32H30N2O6S2. The van der Waals surface area contributed by atoms with Crippen LogP contribution in [-0.4, -0.2) is 29.7 Å². The fourth-order valence-corrected chi connectivity index (χ4v) is 6.61. The summed E-state index contributed by atoms with van der Waals surface area (Å²) in [5.74, 6) is 1.25. The summed E-state index contributed by atoms with van der Waals surface area (Å²) in [7, 11) is -6.35. The van der Waals surface area contributed by atoms with Crippen molar-refractivity contribution < 1.29 is 26.3 Å².